The first kappa shape index (κ1) is 12.3. The Morgan fingerprint density at radius 1 is 1.11 bits per heavy atom. The molecular weight excluding hydrogens is 246 g/mol. The predicted octanol–water partition coefficient (Wildman–Crippen LogP) is 1.37. The Bertz CT molecular complexity index is 625. The van der Waals surface area contributed by atoms with Crippen LogP contribution in [0.1, 0.15) is 5.56 Å². The number of hydrogen-bond donors (Lipinski definition) is 3. The molecule has 92 valence electrons. The van der Waals surface area contributed by atoms with E-state index in [9.17, 15) is 4.79 Å². The summed E-state index contributed by atoms with van der Waals surface area (Å²) in [7, 11) is 0. The van der Waals surface area contributed by atoms with E-state index in [1.54, 1.807) is 0 Å². The Morgan fingerprint density at radius 2 is 1.78 bits per heavy atom. The van der Waals surface area contributed by atoms with Crippen molar-refractivity contribution >= 4 is 39.6 Å². The topological polar surface area (TPSA) is 81.1 Å². The minimum atomic E-state index is -0.405. The summed E-state index contributed by atoms with van der Waals surface area (Å²) in [4.78, 5) is 11.2. The van der Waals surface area contributed by atoms with Crippen LogP contribution in [0.15, 0.2) is 36.4 Å². The zero-order valence-corrected chi connectivity index (χ0v) is 10.5. The quantitative estimate of drug-likeness (QED) is 0.724. The van der Waals surface area contributed by atoms with Gasteiger partial charge >= 0.3 is 0 Å². The molecule has 0 atom stereocenters. The summed E-state index contributed by atoms with van der Waals surface area (Å²) in [6.07, 6.45) is 0. The Hall–Kier alpha value is -2.14. The largest absolute Gasteiger partial charge is 0.389 e. The lowest BCUT2D eigenvalue weighted by atomic mass is 10.0. The SMILES string of the molecule is NC(=O)CNc1ccc(C(N)=S)c2ccccc12. The van der Waals surface area contributed by atoms with Gasteiger partial charge in [0.25, 0.3) is 0 Å². The summed E-state index contributed by atoms with van der Waals surface area (Å²) in [5, 5.41) is 4.91. The third kappa shape index (κ3) is 2.41. The van der Waals surface area contributed by atoms with Crippen molar-refractivity contribution in [2.75, 3.05) is 11.9 Å². The van der Waals surface area contributed by atoms with Crippen molar-refractivity contribution in [3.05, 3.63) is 42.0 Å². The van der Waals surface area contributed by atoms with Crippen LogP contribution in [0.5, 0.6) is 0 Å². The number of primary amides is 1. The van der Waals surface area contributed by atoms with Gasteiger partial charge in [-0.3, -0.25) is 4.79 Å². The molecule has 0 bridgehead atoms. The molecule has 0 fully saturated rings. The highest BCUT2D eigenvalue weighted by Gasteiger charge is 2.07. The number of nitrogens with one attached hydrogen (secondary N) is 1. The van der Waals surface area contributed by atoms with E-state index in [1.807, 2.05) is 36.4 Å². The van der Waals surface area contributed by atoms with E-state index in [2.05, 4.69) is 5.32 Å². The Balaban J connectivity index is 2.53. The van der Waals surface area contributed by atoms with Crippen molar-refractivity contribution in [1.29, 1.82) is 0 Å². The molecule has 0 heterocycles. The molecule has 0 aliphatic heterocycles. The van der Waals surface area contributed by atoms with Gasteiger partial charge < -0.3 is 16.8 Å². The Kier molecular flexibility index (Phi) is 3.43. The first-order valence-corrected chi connectivity index (χ1v) is 5.84. The smallest absolute Gasteiger partial charge is 0.236 e. The molecule has 5 N–H and O–H groups in total. The minimum Gasteiger partial charge on any atom is -0.389 e. The second-order valence-corrected chi connectivity index (χ2v) is 4.33. The Labute approximate surface area is 110 Å². The molecule has 2 aromatic carbocycles. The van der Waals surface area contributed by atoms with Crippen LogP contribution in [0.2, 0.25) is 0 Å². The maximum atomic E-state index is 10.8. The van der Waals surface area contributed by atoms with Gasteiger partial charge in [-0.1, -0.05) is 36.5 Å². The number of anilines is 1. The number of amides is 1. The van der Waals surface area contributed by atoms with Gasteiger partial charge in [-0.15, -0.1) is 0 Å². The molecule has 2 rings (SSSR count). The van der Waals surface area contributed by atoms with Crippen LogP contribution in [0.25, 0.3) is 10.8 Å². The zero-order chi connectivity index (χ0) is 13.1. The van der Waals surface area contributed by atoms with Gasteiger partial charge in [0.1, 0.15) is 4.99 Å². The van der Waals surface area contributed by atoms with E-state index in [0.29, 0.717) is 4.99 Å². The van der Waals surface area contributed by atoms with Gasteiger partial charge in [0.05, 0.1) is 6.54 Å². The fourth-order valence-corrected chi connectivity index (χ4v) is 2.03. The molecule has 0 spiro atoms. The monoisotopic (exact) mass is 259 g/mol. The average Bonchev–Trinajstić information content (AvgIpc) is 2.35. The van der Waals surface area contributed by atoms with Crippen LogP contribution >= 0.6 is 12.2 Å². The third-order valence-corrected chi connectivity index (χ3v) is 2.86. The number of carbonyl (C=O) groups excluding carboxylic acids is 1. The summed E-state index contributed by atoms with van der Waals surface area (Å²) in [5.41, 5.74) is 12.5. The first-order valence-electron chi connectivity index (χ1n) is 5.43. The van der Waals surface area contributed by atoms with Gasteiger partial charge in [0.15, 0.2) is 0 Å². The molecule has 4 nitrogen and oxygen atoms in total. The lowest BCUT2D eigenvalue weighted by Crippen LogP contribution is -2.22. The molecule has 5 heteroatoms. The van der Waals surface area contributed by atoms with Gasteiger partial charge in [-0.2, -0.15) is 0 Å². The lowest BCUT2D eigenvalue weighted by molar-refractivity contribution is -0.116. The number of thiocarbonyl (C=S) groups is 1. The van der Waals surface area contributed by atoms with E-state index in [4.69, 9.17) is 23.7 Å². The molecule has 0 aliphatic carbocycles. The van der Waals surface area contributed by atoms with E-state index in [-0.39, 0.29) is 6.54 Å². The third-order valence-electron chi connectivity index (χ3n) is 2.64. The summed E-state index contributed by atoms with van der Waals surface area (Å²) in [5.74, 6) is -0.405. The first-order chi connectivity index (χ1) is 8.59. The number of nitrogens with two attached hydrogens (primary N) is 2. The molecule has 0 radical (unpaired) electrons. The minimum absolute atomic E-state index is 0.0937. The van der Waals surface area contributed by atoms with Crippen molar-refractivity contribution in [2.24, 2.45) is 11.5 Å². The van der Waals surface area contributed by atoms with Crippen molar-refractivity contribution in [1.82, 2.24) is 0 Å². The van der Waals surface area contributed by atoms with Crippen molar-refractivity contribution in [3.63, 3.8) is 0 Å². The highest BCUT2D eigenvalue weighted by molar-refractivity contribution is 7.80. The fourth-order valence-electron chi connectivity index (χ4n) is 1.85. The van der Waals surface area contributed by atoms with Crippen LogP contribution in [-0.4, -0.2) is 17.4 Å². The van der Waals surface area contributed by atoms with E-state index < -0.39 is 5.91 Å². The van der Waals surface area contributed by atoms with Crippen LogP contribution in [0.4, 0.5) is 5.69 Å². The Morgan fingerprint density at radius 3 is 2.39 bits per heavy atom. The number of benzene rings is 2. The van der Waals surface area contributed by atoms with E-state index in [1.165, 1.54) is 0 Å². The maximum absolute atomic E-state index is 10.8. The molecule has 0 aliphatic rings. The lowest BCUT2D eigenvalue weighted by Gasteiger charge is -2.11. The summed E-state index contributed by atoms with van der Waals surface area (Å²) in [6, 6.07) is 11.4. The molecule has 0 aromatic heterocycles. The average molecular weight is 259 g/mol. The van der Waals surface area contributed by atoms with Gasteiger partial charge in [-0.25, -0.2) is 0 Å². The van der Waals surface area contributed by atoms with Crippen LogP contribution < -0.4 is 16.8 Å². The van der Waals surface area contributed by atoms with Gasteiger partial charge in [0, 0.05) is 16.6 Å². The molecule has 1 amide bonds. The number of hydrogen-bond acceptors (Lipinski definition) is 3. The molecule has 0 unspecified atom stereocenters. The van der Waals surface area contributed by atoms with Crippen molar-refractivity contribution in [3.8, 4) is 0 Å². The highest BCUT2D eigenvalue weighted by atomic mass is 32.1. The number of fused-ring (bicyclic) bond motifs is 1. The summed E-state index contributed by atoms with van der Waals surface area (Å²) in [6.45, 7) is 0.0937. The molecule has 0 saturated carbocycles. The van der Waals surface area contributed by atoms with Crippen molar-refractivity contribution in [2.45, 2.75) is 0 Å². The molecule has 18 heavy (non-hydrogen) atoms. The summed E-state index contributed by atoms with van der Waals surface area (Å²) >= 11 is 5.02. The standard InChI is InChI=1S/C13H13N3OS/c14-12(17)7-16-11-6-5-10(13(15)18)8-3-1-2-4-9(8)11/h1-6,16H,7H2,(H2,14,17)(H2,15,18). The predicted molar refractivity (Wildman–Crippen MR) is 77.5 cm³/mol. The van der Waals surface area contributed by atoms with Crippen LogP contribution in [-0.2, 0) is 4.79 Å². The molecule has 2 aromatic rings. The normalized spacial score (nSPS) is 10.2. The second-order valence-electron chi connectivity index (χ2n) is 3.89. The molecular formula is C13H13N3OS. The van der Waals surface area contributed by atoms with Crippen LogP contribution in [0.3, 0.4) is 0 Å². The number of carbonyl (C=O) groups is 1. The molecule has 0 saturated heterocycles. The van der Waals surface area contributed by atoms with E-state index in [0.717, 1.165) is 22.0 Å². The van der Waals surface area contributed by atoms with Crippen LogP contribution in [0, 0.1) is 0 Å². The van der Waals surface area contributed by atoms with E-state index >= 15 is 0 Å². The van der Waals surface area contributed by atoms with Crippen molar-refractivity contribution < 1.29 is 4.79 Å². The second kappa shape index (κ2) is 5.01. The highest BCUT2D eigenvalue weighted by Crippen LogP contribution is 2.26. The summed E-state index contributed by atoms with van der Waals surface area (Å²) < 4.78 is 0. The number of rotatable bonds is 4. The zero-order valence-electron chi connectivity index (χ0n) is 9.64. The maximum Gasteiger partial charge on any atom is 0.236 e. The fraction of sp³-hybridized carbons (Fsp3) is 0.0769. The van der Waals surface area contributed by atoms with Gasteiger partial charge in [-0.05, 0) is 17.5 Å². The van der Waals surface area contributed by atoms with Gasteiger partial charge in [0.2, 0.25) is 5.91 Å².